The number of nitrogens with one attached hydrogen (secondary N) is 2. The number of aliphatic hydroxyl groups is 1. The lowest BCUT2D eigenvalue weighted by Gasteiger charge is -2.14. The van der Waals surface area contributed by atoms with Gasteiger partial charge in [0.05, 0.1) is 12.5 Å². The van der Waals surface area contributed by atoms with E-state index in [0.29, 0.717) is 13.0 Å². The highest BCUT2D eigenvalue weighted by Gasteiger charge is 2.11. The standard InChI is InChI=1S/C16H21FN2O2/c1-10(2)15(20)5-6-18-16(21)7-11-9-19-14-4-3-12(17)8-13(11)14/h3-4,8-10,15,19-20H,5-7H2,1-2H3,(H,18,21). The van der Waals surface area contributed by atoms with Crippen LogP contribution in [-0.4, -0.2) is 28.6 Å². The van der Waals surface area contributed by atoms with Crippen LogP contribution >= 0.6 is 0 Å². The summed E-state index contributed by atoms with van der Waals surface area (Å²) in [4.78, 5) is 14.9. The molecule has 0 fully saturated rings. The molecule has 3 N–H and O–H groups in total. The summed E-state index contributed by atoms with van der Waals surface area (Å²) in [6, 6.07) is 4.47. The van der Waals surface area contributed by atoms with Gasteiger partial charge < -0.3 is 15.4 Å². The van der Waals surface area contributed by atoms with Crippen LogP contribution in [0.2, 0.25) is 0 Å². The number of carbonyl (C=O) groups is 1. The Hall–Kier alpha value is -1.88. The minimum absolute atomic E-state index is 0.129. The third-order valence-corrected chi connectivity index (χ3v) is 3.61. The van der Waals surface area contributed by atoms with Gasteiger partial charge in [0.1, 0.15) is 5.82 Å². The van der Waals surface area contributed by atoms with Gasteiger partial charge >= 0.3 is 0 Å². The Bertz CT molecular complexity index is 622. The Kier molecular flexibility index (Phi) is 4.96. The number of amides is 1. The van der Waals surface area contributed by atoms with Gasteiger partial charge in [0.2, 0.25) is 5.91 Å². The first-order valence-corrected chi connectivity index (χ1v) is 7.17. The second-order valence-corrected chi connectivity index (χ2v) is 5.63. The zero-order valence-electron chi connectivity index (χ0n) is 12.3. The van der Waals surface area contributed by atoms with Crippen molar-refractivity contribution < 1.29 is 14.3 Å². The van der Waals surface area contributed by atoms with Gasteiger partial charge in [0, 0.05) is 23.6 Å². The van der Waals surface area contributed by atoms with Gasteiger partial charge in [-0.3, -0.25) is 4.79 Å². The van der Waals surface area contributed by atoms with Gasteiger partial charge in [-0.15, -0.1) is 0 Å². The first-order valence-electron chi connectivity index (χ1n) is 7.17. The van der Waals surface area contributed by atoms with Crippen molar-refractivity contribution in [1.29, 1.82) is 0 Å². The van der Waals surface area contributed by atoms with E-state index in [1.165, 1.54) is 12.1 Å². The van der Waals surface area contributed by atoms with Gasteiger partial charge in [-0.05, 0) is 36.1 Å². The van der Waals surface area contributed by atoms with Crippen LogP contribution in [0.25, 0.3) is 10.9 Å². The second-order valence-electron chi connectivity index (χ2n) is 5.63. The van der Waals surface area contributed by atoms with Crippen molar-refractivity contribution in [2.75, 3.05) is 6.54 Å². The summed E-state index contributed by atoms with van der Waals surface area (Å²) < 4.78 is 13.3. The van der Waals surface area contributed by atoms with Crippen LogP contribution in [0.15, 0.2) is 24.4 Å². The van der Waals surface area contributed by atoms with Crippen LogP contribution in [0, 0.1) is 11.7 Å². The molecule has 0 spiro atoms. The fourth-order valence-electron chi connectivity index (χ4n) is 2.23. The number of benzene rings is 1. The van der Waals surface area contributed by atoms with E-state index < -0.39 is 6.10 Å². The van der Waals surface area contributed by atoms with Crippen molar-refractivity contribution in [2.24, 2.45) is 5.92 Å². The molecule has 21 heavy (non-hydrogen) atoms. The molecule has 0 saturated heterocycles. The molecule has 4 nitrogen and oxygen atoms in total. The third kappa shape index (κ3) is 4.04. The predicted molar refractivity (Wildman–Crippen MR) is 80.4 cm³/mol. The van der Waals surface area contributed by atoms with Crippen LogP contribution in [0.1, 0.15) is 25.8 Å². The number of aromatic nitrogens is 1. The monoisotopic (exact) mass is 292 g/mol. The maximum Gasteiger partial charge on any atom is 0.224 e. The van der Waals surface area contributed by atoms with E-state index in [4.69, 9.17) is 0 Å². The quantitative estimate of drug-likeness (QED) is 0.765. The smallest absolute Gasteiger partial charge is 0.224 e. The lowest BCUT2D eigenvalue weighted by atomic mass is 10.0. The number of hydrogen-bond acceptors (Lipinski definition) is 2. The number of halogens is 1. The zero-order valence-corrected chi connectivity index (χ0v) is 12.3. The molecule has 0 bridgehead atoms. The van der Waals surface area contributed by atoms with E-state index in [2.05, 4.69) is 10.3 Å². The molecule has 0 aliphatic heterocycles. The van der Waals surface area contributed by atoms with Gasteiger partial charge in [0.25, 0.3) is 0 Å². The van der Waals surface area contributed by atoms with Crippen molar-refractivity contribution in [3.8, 4) is 0 Å². The summed E-state index contributed by atoms with van der Waals surface area (Å²) in [6.07, 6.45) is 2.05. The first-order chi connectivity index (χ1) is 9.97. The molecular weight excluding hydrogens is 271 g/mol. The summed E-state index contributed by atoms with van der Waals surface area (Å²) in [5, 5.41) is 13.2. The molecule has 0 aliphatic rings. The number of rotatable bonds is 6. The van der Waals surface area contributed by atoms with Crippen molar-refractivity contribution >= 4 is 16.8 Å². The summed E-state index contributed by atoms with van der Waals surface area (Å²) in [5.74, 6) is -0.265. The van der Waals surface area contributed by atoms with Gasteiger partial charge in [-0.25, -0.2) is 4.39 Å². The number of carbonyl (C=O) groups excluding carboxylic acids is 1. The molecule has 1 unspecified atom stereocenters. The van der Waals surface area contributed by atoms with Crippen LogP contribution in [0.4, 0.5) is 4.39 Å². The normalized spacial score (nSPS) is 12.8. The van der Waals surface area contributed by atoms with Crippen molar-refractivity contribution in [3.63, 3.8) is 0 Å². The zero-order chi connectivity index (χ0) is 15.4. The van der Waals surface area contributed by atoms with Gasteiger partial charge in [-0.2, -0.15) is 0 Å². The number of H-pyrrole nitrogens is 1. The molecule has 2 aromatic rings. The number of hydrogen-bond donors (Lipinski definition) is 3. The van der Waals surface area contributed by atoms with Crippen LogP contribution in [-0.2, 0) is 11.2 Å². The number of aromatic amines is 1. The highest BCUT2D eigenvalue weighted by atomic mass is 19.1. The molecule has 1 heterocycles. The minimum Gasteiger partial charge on any atom is -0.393 e. The third-order valence-electron chi connectivity index (χ3n) is 3.61. The largest absolute Gasteiger partial charge is 0.393 e. The van der Waals surface area contributed by atoms with Gasteiger partial charge in [0.15, 0.2) is 0 Å². The molecular formula is C16H21FN2O2. The molecule has 1 amide bonds. The van der Waals surface area contributed by atoms with E-state index in [-0.39, 0.29) is 24.1 Å². The summed E-state index contributed by atoms with van der Waals surface area (Å²) >= 11 is 0. The number of fused-ring (bicyclic) bond motifs is 1. The lowest BCUT2D eigenvalue weighted by molar-refractivity contribution is -0.120. The maximum absolute atomic E-state index is 13.3. The molecule has 0 radical (unpaired) electrons. The van der Waals surface area contributed by atoms with E-state index in [9.17, 15) is 14.3 Å². The SMILES string of the molecule is CC(C)C(O)CCNC(=O)Cc1c[nH]c2ccc(F)cc12. The van der Waals surface area contributed by atoms with Crippen molar-refractivity contribution in [3.05, 3.63) is 35.8 Å². The highest BCUT2D eigenvalue weighted by Crippen LogP contribution is 2.19. The Morgan fingerprint density at radius 1 is 1.43 bits per heavy atom. The fraction of sp³-hybridized carbons (Fsp3) is 0.438. The van der Waals surface area contributed by atoms with E-state index in [1.807, 2.05) is 13.8 Å². The average Bonchev–Trinajstić information content (AvgIpc) is 2.81. The Balaban J connectivity index is 1.91. The summed E-state index contributed by atoms with van der Waals surface area (Å²) in [6.45, 7) is 4.31. The first kappa shape index (κ1) is 15.5. The summed E-state index contributed by atoms with van der Waals surface area (Å²) in [7, 11) is 0. The lowest BCUT2D eigenvalue weighted by Crippen LogP contribution is -2.29. The molecule has 0 aliphatic carbocycles. The number of aliphatic hydroxyl groups excluding tert-OH is 1. The molecule has 5 heteroatoms. The molecule has 0 saturated carbocycles. The maximum atomic E-state index is 13.3. The topological polar surface area (TPSA) is 65.1 Å². The van der Waals surface area contributed by atoms with Crippen LogP contribution in [0.3, 0.4) is 0 Å². The Morgan fingerprint density at radius 3 is 2.90 bits per heavy atom. The van der Waals surface area contributed by atoms with Crippen molar-refractivity contribution in [1.82, 2.24) is 10.3 Å². The van der Waals surface area contributed by atoms with Crippen molar-refractivity contribution in [2.45, 2.75) is 32.8 Å². The Morgan fingerprint density at radius 2 is 2.19 bits per heavy atom. The van der Waals surface area contributed by atoms with E-state index in [1.54, 1.807) is 12.3 Å². The Labute approximate surface area is 123 Å². The molecule has 1 atom stereocenters. The highest BCUT2D eigenvalue weighted by molar-refractivity contribution is 5.88. The molecule has 114 valence electrons. The van der Waals surface area contributed by atoms with E-state index in [0.717, 1.165) is 16.5 Å². The molecule has 1 aromatic heterocycles. The van der Waals surface area contributed by atoms with E-state index >= 15 is 0 Å². The fourth-order valence-corrected chi connectivity index (χ4v) is 2.23. The van der Waals surface area contributed by atoms with Crippen LogP contribution < -0.4 is 5.32 Å². The van der Waals surface area contributed by atoms with Crippen LogP contribution in [0.5, 0.6) is 0 Å². The second kappa shape index (κ2) is 6.72. The average molecular weight is 292 g/mol. The predicted octanol–water partition coefficient (Wildman–Crippen LogP) is 2.37. The minimum atomic E-state index is -0.410. The molecule has 2 rings (SSSR count). The molecule has 1 aromatic carbocycles. The van der Waals surface area contributed by atoms with Gasteiger partial charge in [-0.1, -0.05) is 13.8 Å². The summed E-state index contributed by atoms with van der Waals surface area (Å²) in [5.41, 5.74) is 1.58.